The zero-order chi connectivity index (χ0) is 22.3. The number of halogens is 2. The summed E-state index contributed by atoms with van der Waals surface area (Å²) in [5.41, 5.74) is 3.36. The van der Waals surface area contributed by atoms with Gasteiger partial charge in [-0.15, -0.1) is 0 Å². The maximum Gasteiger partial charge on any atom is 0.264 e. The van der Waals surface area contributed by atoms with Crippen molar-refractivity contribution in [3.63, 3.8) is 0 Å². The van der Waals surface area contributed by atoms with Gasteiger partial charge in [-0.2, -0.15) is 0 Å². The minimum absolute atomic E-state index is 0.176. The maximum absolute atomic E-state index is 13.2. The Morgan fingerprint density at radius 2 is 1.74 bits per heavy atom. The number of hydrogen-bond donors (Lipinski definition) is 1. The number of sulfonamides is 1. The molecule has 1 amide bonds. The van der Waals surface area contributed by atoms with E-state index in [0.717, 1.165) is 11.1 Å². The molecule has 3 aromatic rings. The van der Waals surface area contributed by atoms with Crippen LogP contribution in [0, 0.1) is 6.92 Å². The third-order valence-corrected chi connectivity index (χ3v) is 7.90. The van der Waals surface area contributed by atoms with Gasteiger partial charge in [-0.25, -0.2) is 8.42 Å². The number of hydrogen-bond acceptors (Lipinski definition) is 3. The van der Waals surface area contributed by atoms with Gasteiger partial charge >= 0.3 is 0 Å². The first-order valence-corrected chi connectivity index (χ1v) is 11.9. The number of aryl methyl sites for hydroxylation is 1. The quantitative estimate of drug-likeness (QED) is 0.527. The molecule has 0 aliphatic carbocycles. The molecule has 0 radical (unpaired) electrons. The Balaban J connectivity index is 1.62. The van der Waals surface area contributed by atoms with Gasteiger partial charge in [-0.1, -0.05) is 29.3 Å². The fraction of sp³-hybridized carbons (Fsp3) is 0.174. The van der Waals surface area contributed by atoms with Crippen LogP contribution in [0.2, 0.25) is 10.0 Å². The molecule has 8 heteroatoms. The first kappa shape index (κ1) is 21.7. The Morgan fingerprint density at radius 3 is 2.42 bits per heavy atom. The standard InChI is InChI=1S/C23H20Cl2N2O3S/c1-14-3-7-19(13-21(14)25)26-23(28)16-4-10-22-17(12-16)11-15(2)27(22)31(29,30)20-8-5-18(24)6-9-20/h3-10,12-13,15H,11H2,1-2H3,(H,26,28)/t15-/m1/s1. The van der Waals surface area contributed by atoms with Crippen molar-refractivity contribution in [2.24, 2.45) is 0 Å². The highest BCUT2D eigenvalue weighted by Crippen LogP contribution is 2.37. The third kappa shape index (κ3) is 4.15. The molecule has 0 saturated heterocycles. The van der Waals surface area contributed by atoms with Crippen molar-refractivity contribution in [3.8, 4) is 0 Å². The third-order valence-electron chi connectivity index (χ3n) is 5.29. The Bertz CT molecular complexity index is 1270. The topological polar surface area (TPSA) is 66.5 Å². The molecule has 1 N–H and O–H groups in total. The van der Waals surface area contributed by atoms with E-state index in [0.29, 0.717) is 33.4 Å². The first-order valence-electron chi connectivity index (χ1n) is 9.67. The predicted molar refractivity (Wildman–Crippen MR) is 125 cm³/mol. The maximum atomic E-state index is 13.2. The van der Waals surface area contributed by atoms with Gasteiger partial charge in [0.05, 0.1) is 10.6 Å². The Labute approximate surface area is 191 Å². The summed E-state index contributed by atoms with van der Waals surface area (Å²) in [6, 6.07) is 16.2. The lowest BCUT2D eigenvalue weighted by Gasteiger charge is -2.24. The van der Waals surface area contributed by atoms with Gasteiger partial charge in [0, 0.05) is 27.3 Å². The average molecular weight is 475 g/mol. The predicted octanol–water partition coefficient (Wildman–Crippen LogP) is 5.69. The highest BCUT2D eigenvalue weighted by molar-refractivity contribution is 7.92. The van der Waals surface area contributed by atoms with Crippen molar-refractivity contribution in [2.45, 2.75) is 31.2 Å². The zero-order valence-electron chi connectivity index (χ0n) is 16.9. The summed E-state index contributed by atoms with van der Waals surface area (Å²) >= 11 is 12.0. The molecular weight excluding hydrogens is 455 g/mol. The van der Waals surface area contributed by atoms with E-state index in [1.807, 2.05) is 19.9 Å². The SMILES string of the molecule is Cc1ccc(NC(=O)c2ccc3c(c2)C[C@@H](C)N3S(=O)(=O)c2ccc(Cl)cc2)cc1Cl. The van der Waals surface area contributed by atoms with E-state index in [2.05, 4.69) is 5.32 Å². The van der Waals surface area contributed by atoms with Gasteiger partial charge < -0.3 is 5.32 Å². The van der Waals surface area contributed by atoms with Crippen molar-refractivity contribution < 1.29 is 13.2 Å². The van der Waals surface area contributed by atoms with Crippen LogP contribution in [0.25, 0.3) is 0 Å². The van der Waals surface area contributed by atoms with E-state index in [1.165, 1.54) is 16.4 Å². The van der Waals surface area contributed by atoms with E-state index in [-0.39, 0.29) is 16.8 Å². The summed E-state index contributed by atoms with van der Waals surface area (Å²) < 4.78 is 27.9. The number of nitrogens with zero attached hydrogens (tertiary/aromatic N) is 1. The van der Waals surface area contributed by atoms with E-state index in [9.17, 15) is 13.2 Å². The van der Waals surface area contributed by atoms with Gasteiger partial charge in [0.2, 0.25) is 0 Å². The second kappa shape index (κ2) is 8.19. The number of fused-ring (bicyclic) bond motifs is 1. The molecule has 1 heterocycles. The average Bonchev–Trinajstić information content (AvgIpc) is 3.06. The first-order chi connectivity index (χ1) is 14.7. The van der Waals surface area contributed by atoms with Crippen LogP contribution in [0.4, 0.5) is 11.4 Å². The summed E-state index contributed by atoms with van der Waals surface area (Å²) in [6.45, 7) is 3.74. The van der Waals surface area contributed by atoms with Crippen molar-refractivity contribution in [1.82, 2.24) is 0 Å². The summed E-state index contributed by atoms with van der Waals surface area (Å²) in [4.78, 5) is 12.9. The van der Waals surface area contributed by atoms with Gasteiger partial charge in [0.1, 0.15) is 0 Å². The van der Waals surface area contributed by atoms with Crippen LogP contribution < -0.4 is 9.62 Å². The smallest absolute Gasteiger partial charge is 0.264 e. The van der Waals surface area contributed by atoms with E-state index in [4.69, 9.17) is 23.2 Å². The lowest BCUT2D eigenvalue weighted by atomic mass is 10.1. The van der Waals surface area contributed by atoms with Crippen LogP contribution in [-0.4, -0.2) is 20.4 Å². The molecule has 0 aromatic heterocycles. The Morgan fingerprint density at radius 1 is 1.03 bits per heavy atom. The van der Waals surface area contributed by atoms with Crippen LogP contribution >= 0.6 is 23.2 Å². The molecule has 1 atom stereocenters. The van der Waals surface area contributed by atoms with Crippen molar-refractivity contribution in [3.05, 3.63) is 87.4 Å². The Hall–Kier alpha value is -2.54. The largest absolute Gasteiger partial charge is 0.322 e. The van der Waals surface area contributed by atoms with Crippen LogP contribution in [0.5, 0.6) is 0 Å². The van der Waals surface area contributed by atoms with E-state index in [1.54, 1.807) is 42.5 Å². The lowest BCUT2D eigenvalue weighted by molar-refractivity contribution is 0.102. The molecule has 160 valence electrons. The number of carbonyl (C=O) groups excluding carboxylic acids is 1. The van der Waals surface area contributed by atoms with Crippen LogP contribution in [0.3, 0.4) is 0 Å². The van der Waals surface area contributed by atoms with Crippen LogP contribution in [0.15, 0.2) is 65.6 Å². The number of carbonyl (C=O) groups is 1. The lowest BCUT2D eigenvalue weighted by Crippen LogP contribution is -2.35. The monoisotopic (exact) mass is 474 g/mol. The summed E-state index contributed by atoms with van der Waals surface area (Å²) in [5, 5.41) is 3.88. The number of benzene rings is 3. The fourth-order valence-corrected chi connectivity index (χ4v) is 5.70. The molecule has 4 rings (SSSR count). The van der Waals surface area contributed by atoms with Crippen molar-refractivity contribution in [1.29, 1.82) is 0 Å². The van der Waals surface area contributed by atoms with Gasteiger partial charge in [0.15, 0.2) is 0 Å². The molecule has 31 heavy (non-hydrogen) atoms. The van der Waals surface area contributed by atoms with Crippen LogP contribution in [-0.2, 0) is 16.4 Å². The number of anilines is 2. The molecule has 0 bridgehead atoms. The molecule has 0 spiro atoms. The number of amides is 1. The zero-order valence-corrected chi connectivity index (χ0v) is 19.2. The molecule has 0 fully saturated rings. The summed E-state index contributed by atoms with van der Waals surface area (Å²) in [5.74, 6) is -0.283. The van der Waals surface area contributed by atoms with E-state index < -0.39 is 10.0 Å². The minimum atomic E-state index is -3.75. The second-order valence-corrected chi connectivity index (χ2v) is 10.2. The fourth-order valence-electron chi connectivity index (χ4n) is 3.70. The highest BCUT2D eigenvalue weighted by Gasteiger charge is 2.36. The molecule has 5 nitrogen and oxygen atoms in total. The van der Waals surface area contributed by atoms with Gasteiger partial charge in [0.25, 0.3) is 15.9 Å². The van der Waals surface area contributed by atoms with Crippen LogP contribution in [0.1, 0.15) is 28.4 Å². The highest BCUT2D eigenvalue weighted by atomic mass is 35.5. The number of rotatable bonds is 4. The Kier molecular flexibility index (Phi) is 5.73. The number of nitrogens with one attached hydrogen (secondary N) is 1. The normalized spacial score (nSPS) is 15.6. The van der Waals surface area contributed by atoms with Gasteiger partial charge in [-0.05, 0) is 86.0 Å². The molecule has 1 aliphatic heterocycles. The molecule has 0 unspecified atom stereocenters. The second-order valence-electron chi connectivity index (χ2n) is 7.57. The summed E-state index contributed by atoms with van der Waals surface area (Å²) in [7, 11) is -3.75. The molecule has 3 aromatic carbocycles. The van der Waals surface area contributed by atoms with Crippen molar-refractivity contribution >= 4 is 50.5 Å². The summed E-state index contributed by atoms with van der Waals surface area (Å²) in [6.07, 6.45) is 0.514. The van der Waals surface area contributed by atoms with E-state index >= 15 is 0 Å². The molecule has 0 saturated carbocycles. The molecular formula is C23H20Cl2N2O3S. The van der Waals surface area contributed by atoms with Gasteiger partial charge in [-0.3, -0.25) is 9.10 Å². The molecule has 1 aliphatic rings. The van der Waals surface area contributed by atoms with Crippen molar-refractivity contribution in [2.75, 3.05) is 9.62 Å². The minimum Gasteiger partial charge on any atom is -0.322 e.